The van der Waals surface area contributed by atoms with Crippen LogP contribution in [0.25, 0.3) is 5.57 Å². The zero-order chi connectivity index (χ0) is 19.2. The number of hydrogen-bond acceptors (Lipinski definition) is 2. The molecule has 0 spiro atoms. The maximum atomic E-state index is 13.3. The minimum Gasteiger partial charge on any atom is -0.386 e. The molecule has 2 aromatic carbocycles. The number of benzene rings is 2. The van der Waals surface area contributed by atoms with E-state index in [0.29, 0.717) is 12.1 Å². The highest BCUT2D eigenvalue weighted by molar-refractivity contribution is 5.68. The van der Waals surface area contributed by atoms with E-state index in [2.05, 4.69) is 11.9 Å². The Labute approximate surface area is 152 Å². The summed E-state index contributed by atoms with van der Waals surface area (Å²) in [5.41, 5.74) is 0.373. The minimum absolute atomic E-state index is 0.147. The molecule has 0 aromatic heterocycles. The lowest BCUT2D eigenvalue weighted by molar-refractivity contribution is -0.139. The van der Waals surface area contributed by atoms with Gasteiger partial charge < -0.3 is 10.4 Å². The van der Waals surface area contributed by atoms with Crippen molar-refractivity contribution in [1.29, 1.82) is 0 Å². The van der Waals surface area contributed by atoms with Gasteiger partial charge in [-0.05, 0) is 35.7 Å². The highest BCUT2D eigenvalue weighted by atomic mass is 19.4. The molecule has 140 valence electrons. The fraction of sp³-hybridized carbons (Fsp3) is 0.333. The zero-order valence-corrected chi connectivity index (χ0v) is 14.8. The maximum absolute atomic E-state index is 13.3. The van der Waals surface area contributed by atoms with Crippen molar-refractivity contribution in [2.75, 3.05) is 6.54 Å². The van der Waals surface area contributed by atoms with Crippen LogP contribution >= 0.6 is 0 Å². The van der Waals surface area contributed by atoms with Crippen molar-refractivity contribution in [2.45, 2.75) is 38.1 Å². The Morgan fingerprint density at radius 1 is 1.08 bits per heavy atom. The van der Waals surface area contributed by atoms with Gasteiger partial charge in [0.2, 0.25) is 0 Å². The van der Waals surface area contributed by atoms with Gasteiger partial charge in [-0.3, -0.25) is 0 Å². The smallest absolute Gasteiger partial charge is 0.386 e. The van der Waals surface area contributed by atoms with Crippen LogP contribution in [0.5, 0.6) is 0 Å². The predicted molar refractivity (Wildman–Crippen MR) is 98.6 cm³/mol. The first-order valence-electron chi connectivity index (χ1n) is 8.68. The van der Waals surface area contributed by atoms with Gasteiger partial charge in [-0.15, -0.1) is 0 Å². The molecule has 0 unspecified atom stereocenters. The Hall–Kier alpha value is -2.11. The number of aliphatic hydroxyl groups excluding tert-OH is 1. The molecular formula is C21H24F3NO. The van der Waals surface area contributed by atoms with Gasteiger partial charge in [-0.25, -0.2) is 0 Å². The first kappa shape index (κ1) is 20.2. The van der Waals surface area contributed by atoms with Gasteiger partial charge in [-0.1, -0.05) is 68.5 Å². The molecule has 0 heterocycles. The van der Waals surface area contributed by atoms with E-state index in [1.807, 2.05) is 37.3 Å². The zero-order valence-electron chi connectivity index (χ0n) is 14.8. The standard InChI is InChI=1S/C21H24F3NO/c1-3-4-14-25-19(15(2)16-10-6-5-7-11-16)20(26)17-12-8-9-13-18(17)21(22,23)24/h5-13,19-20,25-26H,2-4,14H2,1H3/t19-,20+/m0/s1. The fourth-order valence-corrected chi connectivity index (χ4v) is 2.88. The van der Waals surface area contributed by atoms with Crippen molar-refractivity contribution in [3.8, 4) is 0 Å². The van der Waals surface area contributed by atoms with Crippen molar-refractivity contribution >= 4 is 5.57 Å². The van der Waals surface area contributed by atoms with Gasteiger partial charge in [0.15, 0.2) is 0 Å². The number of nitrogens with one attached hydrogen (secondary N) is 1. The fourth-order valence-electron chi connectivity index (χ4n) is 2.88. The third-order valence-corrected chi connectivity index (χ3v) is 4.32. The predicted octanol–water partition coefficient (Wildman–Crippen LogP) is 5.21. The second kappa shape index (κ2) is 9.01. The van der Waals surface area contributed by atoms with Gasteiger partial charge in [-0.2, -0.15) is 13.2 Å². The third kappa shape index (κ3) is 4.96. The van der Waals surface area contributed by atoms with Gasteiger partial charge in [0.1, 0.15) is 0 Å². The molecule has 0 saturated heterocycles. The van der Waals surface area contributed by atoms with Crippen LogP contribution in [-0.2, 0) is 6.18 Å². The lowest BCUT2D eigenvalue weighted by Gasteiger charge is -2.28. The van der Waals surface area contributed by atoms with E-state index in [1.54, 1.807) is 0 Å². The van der Waals surface area contributed by atoms with Gasteiger partial charge in [0.25, 0.3) is 0 Å². The molecule has 26 heavy (non-hydrogen) atoms. The summed E-state index contributed by atoms with van der Waals surface area (Å²) < 4.78 is 40.0. The summed E-state index contributed by atoms with van der Waals surface area (Å²) in [6, 6.07) is 13.6. The quantitative estimate of drug-likeness (QED) is 0.631. The first-order chi connectivity index (χ1) is 12.4. The Morgan fingerprint density at radius 3 is 2.31 bits per heavy atom. The van der Waals surface area contributed by atoms with Crippen LogP contribution in [0.4, 0.5) is 13.2 Å². The van der Waals surface area contributed by atoms with Crippen LogP contribution in [0.15, 0.2) is 61.2 Å². The van der Waals surface area contributed by atoms with Crippen LogP contribution in [0.2, 0.25) is 0 Å². The van der Waals surface area contributed by atoms with E-state index in [4.69, 9.17) is 0 Å². The van der Waals surface area contributed by atoms with E-state index in [-0.39, 0.29) is 5.56 Å². The summed E-state index contributed by atoms with van der Waals surface area (Å²) in [5, 5.41) is 14.0. The highest BCUT2D eigenvalue weighted by Gasteiger charge is 2.36. The number of hydrogen-bond donors (Lipinski definition) is 2. The Kier molecular flexibility index (Phi) is 7.00. The SMILES string of the molecule is C=C(c1ccccc1)[C@H](NCCCC)[C@H](O)c1ccccc1C(F)(F)F. The van der Waals surface area contributed by atoms with Crippen molar-refractivity contribution in [1.82, 2.24) is 5.32 Å². The molecule has 2 atom stereocenters. The first-order valence-corrected chi connectivity index (χ1v) is 8.68. The van der Waals surface area contributed by atoms with E-state index in [9.17, 15) is 18.3 Å². The topological polar surface area (TPSA) is 32.3 Å². The average Bonchev–Trinajstić information content (AvgIpc) is 2.64. The molecular weight excluding hydrogens is 339 g/mol. The van der Waals surface area contributed by atoms with E-state index >= 15 is 0 Å². The van der Waals surface area contributed by atoms with E-state index < -0.39 is 23.9 Å². The summed E-state index contributed by atoms with van der Waals surface area (Å²) in [6.45, 7) is 6.65. The molecule has 0 radical (unpaired) electrons. The summed E-state index contributed by atoms with van der Waals surface area (Å²) in [7, 11) is 0. The molecule has 0 aliphatic rings. The summed E-state index contributed by atoms with van der Waals surface area (Å²) in [5.74, 6) is 0. The normalized spacial score (nSPS) is 14.0. The summed E-state index contributed by atoms with van der Waals surface area (Å²) >= 11 is 0. The van der Waals surface area contributed by atoms with Crippen LogP contribution < -0.4 is 5.32 Å². The minimum atomic E-state index is -4.53. The van der Waals surface area contributed by atoms with Crippen LogP contribution in [0, 0.1) is 0 Å². The second-order valence-electron chi connectivity index (χ2n) is 6.21. The molecule has 2 N–H and O–H groups in total. The largest absolute Gasteiger partial charge is 0.416 e. The molecule has 0 aliphatic heterocycles. The lowest BCUT2D eigenvalue weighted by Crippen LogP contribution is -2.37. The van der Waals surface area contributed by atoms with Crippen molar-refractivity contribution in [3.05, 3.63) is 77.9 Å². The number of rotatable bonds is 8. The Balaban J connectivity index is 2.38. The molecule has 0 bridgehead atoms. The number of halogens is 3. The number of unbranched alkanes of at least 4 members (excludes halogenated alkanes) is 1. The highest BCUT2D eigenvalue weighted by Crippen LogP contribution is 2.37. The van der Waals surface area contributed by atoms with Gasteiger partial charge in [0.05, 0.1) is 17.7 Å². The molecule has 0 saturated carbocycles. The monoisotopic (exact) mass is 363 g/mol. The van der Waals surface area contributed by atoms with Gasteiger partial charge in [0, 0.05) is 0 Å². The van der Waals surface area contributed by atoms with E-state index in [0.717, 1.165) is 24.5 Å². The molecule has 2 rings (SSSR count). The summed E-state index contributed by atoms with van der Waals surface area (Å²) in [4.78, 5) is 0. The lowest BCUT2D eigenvalue weighted by atomic mass is 9.89. The molecule has 2 aromatic rings. The maximum Gasteiger partial charge on any atom is 0.416 e. The third-order valence-electron chi connectivity index (χ3n) is 4.32. The second-order valence-corrected chi connectivity index (χ2v) is 6.21. The molecule has 0 aliphatic carbocycles. The number of alkyl halides is 3. The average molecular weight is 363 g/mol. The van der Waals surface area contributed by atoms with Crippen LogP contribution in [0.3, 0.4) is 0 Å². The Bertz CT molecular complexity index is 713. The van der Waals surface area contributed by atoms with E-state index in [1.165, 1.54) is 18.2 Å². The molecule has 0 fully saturated rings. The van der Waals surface area contributed by atoms with Gasteiger partial charge >= 0.3 is 6.18 Å². The summed E-state index contributed by atoms with van der Waals surface area (Å²) in [6.07, 6.45) is -4.10. The number of aliphatic hydroxyl groups is 1. The van der Waals surface area contributed by atoms with Crippen molar-refractivity contribution in [2.24, 2.45) is 0 Å². The molecule has 0 amide bonds. The van der Waals surface area contributed by atoms with Crippen LogP contribution in [0.1, 0.15) is 42.6 Å². The van der Waals surface area contributed by atoms with Crippen LogP contribution in [-0.4, -0.2) is 17.7 Å². The molecule has 2 nitrogen and oxygen atoms in total. The van der Waals surface area contributed by atoms with Crippen molar-refractivity contribution < 1.29 is 18.3 Å². The Morgan fingerprint density at radius 2 is 1.69 bits per heavy atom. The molecule has 5 heteroatoms. The van der Waals surface area contributed by atoms with Crippen molar-refractivity contribution in [3.63, 3.8) is 0 Å².